The zero-order valence-electron chi connectivity index (χ0n) is 18.5. The second kappa shape index (κ2) is 9.88. The molecule has 0 aromatic heterocycles. The van der Waals surface area contributed by atoms with Crippen LogP contribution in [0.3, 0.4) is 0 Å². The molecule has 3 aliphatic heterocycles. The summed E-state index contributed by atoms with van der Waals surface area (Å²) >= 11 is 0. The summed E-state index contributed by atoms with van der Waals surface area (Å²) in [7, 11) is -1.98. The molecule has 0 radical (unpaired) electrons. The molecule has 1 amide bonds. The Morgan fingerprint density at radius 2 is 1.71 bits per heavy atom. The number of carbonyl (C=O) groups is 1. The minimum atomic E-state index is -3.54. The number of nitrogens with zero attached hydrogens (tertiary/aromatic N) is 2. The molecule has 8 heteroatoms. The van der Waals surface area contributed by atoms with E-state index in [4.69, 9.17) is 4.74 Å². The number of carbonyl (C=O) groups excluding carboxylic acids is 1. The van der Waals surface area contributed by atoms with Crippen molar-refractivity contribution in [2.45, 2.75) is 55.9 Å². The number of hydrogen-bond donors (Lipinski definition) is 1. The molecule has 172 valence electrons. The van der Waals surface area contributed by atoms with E-state index in [1.807, 2.05) is 0 Å². The number of sulfonamides is 1. The lowest BCUT2D eigenvalue weighted by Crippen LogP contribution is -2.51. The molecule has 0 saturated carbocycles. The number of benzene rings is 1. The second-order valence-corrected chi connectivity index (χ2v) is 11.0. The third kappa shape index (κ3) is 5.07. The van der Waals surface area contributed by atoms with E-state index < -0.39 is 10.0 Å². The first-order chi connectivity index (χ1) is 15.0. The Bertz CT molecular complexity index is 848. The minimum absolute atomic E-state index is 0.0921. The monoisotopic (exact) mass is 449 g/mol. The van der Waals surface area contributed by atoms with Crippen LogP contribution in [0.25, 0.3) is 0 Å². The molecule has 0 aliphatic carbocycles. The minimum Gasteiger partial charge on any atom is -0.497 e. The van der Waals surface area contributed by atoms with Crippen molar-refractivity contribution < 1.29 is 17.9 Å². The van der Waals surface area contributed by atoms with E-state index in [1.165, 1.54) is 49.5 Å². The Kier molecular flexibility index (Phi) is 7.19. The topological polar surface area (TPSA) is 79.0 Å². The summed E-state index contributed by atoms with van der Waals surface area (Å²) in [6.45, 7) is 3.93. The third-order valence-electron chi connectivity index (χ3n) is 7.29. The van der Waals surface area contributed by atoms with Crippen LogP contribution in [0.5, 0.6) is 5.75 Å². The molecule has 31 heavy (non-hydrogen) atoms. The van der Waals surface area contributed by atoms with Crippen LogP contribution in [0.1, 0.15) is 44.9 Å². The molecular formula is C23H35N3O4S. The van der Waals surface area contributed by atoms with Crippen LogP contribution in [0, 0.1) is 11.8 Å². The molecule has 0 bridgehead atoms. The summed E-state index contributed by atoms with van der Waals surface area (Å²) in [6, 6.07) is 7.09. The van der Waals surface area contributed by atoms with Crippen molar-refractivity contribution in [1.29, 1.82) is 0 Å². The van der Waals surface area contributed by atoms with Gasteiger partial charge in [0.15, 0.2) is 0 Å². The van der Waals surface area contributed by atoms with E-state index in [0.717, 1.165) is 6.54 Å². The highest BCUT2D eigenvalue weighted by molar-refractivity contribution is 7.89. The summed E-state index contributed by atoms with van der Waals surface area (Å²) in [5.41, 5.74) is 0. The van der Waals surface area contributed by atoms with Crippen LogP contribution in [0.2, 0.25) is 0 Å². The highest BCUT2D eigenvalue weighted by atomic mass is 32.2. The van der Waals surface area contributed by atoms with Crippen LogP contribution in [0.4, 0.5) is 0 Å². The van der Waals surface area contributed by atoms with Gasteiger partial charge < -0.3 is 15.0 Å². The highest BCUT2D eigenvalue weighted by Crippen LogP contribution is 2.31. The standard InChI is InChI=1S/C23H35N3O4S/c1-30-20-7-9-21(10-8-20)31(28,29)26-15-11-18(12-16-26)23(27)24-17-19-5-4-14-25-13-3-2-6-22(19)25/h7-10,18-19,22H,2-6,11-17H2,1H3,(H,24,27)/t19-,22?/m0/s1. The van der Waals surface area contributed by atoms with Crippen LogP contribution in [-0.4, -0.2) is 69.4 Å². The van der Waals surface area contributed by atoms with Crippen molar-refractivity contribution in [3.63, 3.8) is 0 Å². The smallest absolute Gasteiger partial charge is 0.243 e. The van der Waals surface area contributed by atoms with Gasteiger partial charge >= 0.3 is 0 Å². The van der Waals surface area contributed by atoms with Crippen molar-refractivity contribution in [3.05, 3.63) is 24.3 Å². The van der Waals surface area contributed by atoms with Crippen molar-refractivity contribution in [3.8, 4) is 5.75 Å². The molecule has 3 saturated heterocycles. The maximum Gasteiger partial charge on any atom is 0.243 e. The molecule has 3 heterocycles. The van der Waals surface area contributed by atoms with Gasteiger partial charge in [0.25, 0.3) is 0 Å². The molecule has 4 rings (SSSR count). The molecule has 3 fully saturated rings. The van der Waals surface area contributed by atoms with Gasteiger partial charge in [0, 0.05) is 31.6 Å². The van der Waals surface area contributed by atoms with E-state index in [0.29, 0.717) is 43.6 Å². The largest absolute Gasteiger partial charge is 0.497 e. The summed E-state index contributed by atoms with van der Waals surface area (Å²) < 4.78 is 32.4. The lowest BCUT2D eigenvalue weighted by atomic mass is 9.83. The normalized spacial score (nSPS) is 26.2. The van der Waals surface area contributed by atoms with E-state index in [-0.39, 0.29) is 16.7 Å². The molecule has 1 aromatic carbocycles. The summed E-state index contributed by atoms with van der Waals surface area (Å²) in [4.78, 5) is 15.7. The predicted molar refractivity (Wildman–Crippen MR) is 119 cm³/mol. The Balaban J connectivity index is 1.27. The number of piperidine rings is 3. The van der Waals surface area contributed by atoms with Crippen molar-refractivity contribution in [1.82, 2.24) is 14.5 Å². The first kappa shape index (κ1) is 22.6. The fraction of sp³-hybridized carbons (Fsp3) is 0.696. The Morgan fingerprint density at radius 1 is 1.00 bits per heavy atom. The summed E-state index contributed by atoms with van der Waals surface area (Å²) in [6.07, 6.45) is 7.41. The van der Waals surface area contributed by atoms with Crippen LogP contribution in [-0.2, 0) is 14.8 Å². The predicted octanol–water partition coefficient (Wildman–Crippen LogP) is 2.48. The Morgan fingerprint density at radius 3 is 2.42 bits per heavy atom. The fourth-order valence-electron chi connectivity index (χ4n) is 5.45. The number of methoxy groups -OCH3 is 1. The molecular weight excluding hydrogens is 414 g/mol. The molecule has 0 spiro atoms. The first-order valence-electron chi connectivity index (χ1n) is 11.6. The first-order valence-corrected chi connectivity index (χ1v) is 13.1. The second-order valence-electron chi connectivity index (χ2n) is 9.10. The van der Waals surface area contributed by atoms with Crippen LogP contribution >= 0.6 is 0 Å². The molecule has 3 aliphatic rings. The van der Waals surface area contributed by atoms with Gasteiger partial charge in [-0.25, -0.2) is 8.42 Å². The number of amides is 1. The zero-order valence-corrected chi connectivity index (χ0v) is 19.3. The summed E-state index contributed by atoms with van der Waals surface area (Å²) in [5.74, 6) is 1.17. The van der Waals surface area contributed by atoms with Gasteiger partial charge in [-0.2, -0.15) is 4.31 Å². The van der Waals surface area contributed by atoms with Crippen molar-refractivity contribution in [2.24, 2.45) is 11.8 Å². The van der Waals surface area contributed by atoms with Gasteiger partial charge in [0.05, 0.1) is 12.0 Å². The Labute approximate surface area is 186 Å². The van der Waals surface area contributed by atoms with E-state index in [9.17, 15) is 13.2 Å². The van der Waals surface area contributed by atoms with Crippen molar-refractivity contribution >= 4 is 15.9 Å². The van der Waals surface area contributed by atoms with Crippen LogP contribution < -0.4 is 10.1 Å². The molecule has 2 atom stereocenters. The molecule has 1 unspecified atom stereocenters. The maximum absolute atomic E-state index is 12.9. The van der Waals surface area contributed by atoms with E-state index in [2.05, 4.69) is 10.2 Å². The van der Waals surface area contributed by atoms with Gasteiger partial charge in [-0.1, -0.05) is 6.42 Å². The zero-order chi connectivity index (χ0) is 21.8. The highest BCUT2D eigenvalue weighted by Gasteiger charge is 2.35. The quantitative estimate of drug-likeness (QED) is 0.722. The van der Waals surface area contributed by atoms with Gasteiger partial charge in [-0.15, -0.1) is 0 Å². The number of ether oxygens (including phenoxy) is 1. The number of fused-ring (bicyclic) bond motifs is 1. The summed E-state index contributed by atoms with van der Waals surface area (Å²) in [5, 5.41) is 3.21. The van der Waals surface area contributed by atoms with Gasteiger partial charge in [-0.3, -0.25) is 4.79 Å². The fourth-order valence-corrected chi connectivity index (χ4v) is 6.92. The third-order valence-corrected chi connectivity index (χ3v) is 9.20. The maximum atomic E-state index is 12.9. The van der Waals surface area contributed by atoms with Crippen molar-refractivity contribution in [2.75, 3.05) is 39.8 Å². The average molecular weight is 450 g/mol. The van der Waals surface area contributed by atoms with E-state index >= 15 is 0 Å². The van der Waals surface area contributed by atoms with Gasteiger partial charge in [0.1, 0.15) is 5.75 Å². The lowest BCUT2D eigenvalue weighted by molar-refractivity contribution is -0.126. The number of hydrogen-bond acceptors (Lipinski definition) is 5. The van der Waals surface area contributed by atoms with Gasteiger partial charge in [0.2, 0.25) is 15.9 Å². The van der Waals surface area contributed by atoms with Crippen LogP contribution in [0.15, 0.2) is 29.2 Å². The molecule has 1 aromatic rings. The SMILES string of the molecule is COc1ccc(S(=O)(=O)N2CCC(C(=O)NC[C@@H]3CCCN4CCCCC34)CC2)cc1. The number of rotatable bonds is 6. The van der Waals surface area contributed by atoms with Gasteiger partial charge in [-0.05, 0) is 81.8 Å². The van der Waals surface area contributed by atoms with E-state index in [1.54, 1.807) is 31.4 Å². The average Bonchev–Trinajstić information content (AvgIpc) is 2.82. The number of nitrogens with one attached hydrogen (secondary N) is 1. The molecule has 7 nitrogen and oxygen atoms in total. The lowest BCUT2D eigenvalue weighted by Gasteiger charge is -2.44. The Hall–Kier alpha value is -1.64. The molecule has 1 N–H and O–H groups in total.